The molecule has 0 saturated carbocycles. The molecule has 0 aromatic carbocycles. The minimum atomic E-state index is -1.31. The lowest BCUT2D eigenvalue weighted by Gasteiger charge is -2.38. The number of aliphatic hydroxyl groups is 1. The summed E-state index contributed by atoms with van der Waals surface area (Å²) in [4.78, 5) is 24.5. The molecule has 2 unspecified atom stereocenters. The van der Waals surface area contributed by atoms with Crippen LogP contribution in [0.15, 0.2) is 0 Å². The molecule has 13 heavy (non-hydrogen) atoms. The van der Waals surface area contributed by atoms with E-state index in [2.05, 4.69) is 0 Å². The number of carbonyl (C=O) groups excluding carboxylic acids is 2. The van der Waals surface area contributed by atoms with Gasteiger partial charge in [-0.15, -0.1) is 0 Å². The molecule has 0 radical (unpaired) electrons. The van der Waals surface area contributed by atoms with Crippen molar-refractivity contribution in [3.63, 3.8) is 0 Å². The number of ether oxygens (including phenoxy) is 1. The molecule has 1 rings (SSSR count). The number of amides is 3. The van der Waals surface area contributed by atoms with E-state index in [1.54, 1.807) is 0 Å². The molecule has 3 amide bonds. The normalized spacial score (nSPS) is 29.8. The van der Waals surface area contributed by atoms with Crippen LogP contribution in [0.2, 0.25) is 0 Å². The molecule has 1 aliphatic heterocycles. The molecule has 1 aliphatic rings. The topological polar surface area (TPSA) is 70.1 Å². The van der Waals surface area contributed by atoms with Gasteiger partial charge in [0, 0.05) is 21.2 Å². The first kappa shape index (κ1) is 9.94. The Hall–Kier alpha value is -1.14. The molecule has 1 N–H and O–H groups in total. The predicted molar refractivity (Wildman–Crippen MR) is 42.7 cm³/mol. The van der Waals surface area contributed by atoms with Crippen LogP contribution in [0.4, 0.5) is 4.79 Å². The van der Waals surface area contributed by atoms with Crippen LogP contribution in [0.5, 0.6) is 0 Å². The average molecular weight is 188 g/mol. The van der Waals surface area contributed by atoms with Crippen LogP contribution in [0.3, 0.4) is 0 Å². The summed E-state index contributed by atoms with van der Waals surface area (Å²) < 4.78 is 4.81. The van der Waals surface area contributed by atoms with Crippen LogP contribution in [0.25, 0.3) is 0 Å². The predicted octanol–water partition coefficient (Wildman–Crippen LogP) is -1.16. The second-order valence-electron chi connectivity index (χ2n) is 2.86. The number of nitrogens with zero attached hydrogens (tertiary/aromatic N) is 2. The summed E-state index contributed by atoms with van der Waals surface area (Å²) in [5.41, 5.74) is 0. The molecule has 6 nitrogen and oxygen atoms in total. The van der Waals surface area contributed by atoms with Crippen LogP contribution in [-0.4, -0.2) is 60.4 Å². The van der Waals surface area contributed by atoms with Crippen molar-refractivity contribution < 1.29 is 19.4 Å². The van der Waals surface area contributed by atoms with Gasteiger partial charge in [0.2, 0.25) is 0 Å². The number of carbonyl (C=O) groups is 2. The van der Waals surface area contributed by atoms with Crippen molar-refractivity contribution in [1.82, 2.24) is 9.80 Å². The molecule has 1 fully saturated rings. The van der Waals surface area contributed by atoms with Gasteiger partial charge in [-0.3, -0.25) is 14.6 Å². The highest BCUT2D eigenvalue weighted by Crippen LogP contribution is 2.14. The van der Waals surface area contributed by atoms with Gasteiger partial charge in [0.1, 0.15) is 0 Å². The van der Waals surface area contributed by atoms with Gasteiger partial charge in [0.05, 0.1) is 0 Å². The third kappa shape index (κ3) is 1.38. The van der Waals surface area contributed by atoms with Crippen molar-refractivity contribution in [2.24, 2.45) is 0 Å². The number of aliphatic hydroxyl groups excluding tert-OH is 1. The van der Waals surface area contributed by atoms with Gasteiger partial charge in [-0.25, -0.2) is 4.79 Å². The maximum atomic E-state index is 11.3. The lowest BCUT2D eigenvalue weighted by Crippen LogP contribution is -2.62. The molecular formula is C7H12N2O4. The number of imide groups is 1. The van der Waals surface area contributed by atoms with E-state index in [4.69, 9.17) is 4.74 Å². The summed E-state index contributed by atoms with van der Waals surface area (Å²) in [7, 11) is 4.11. The summed E-state index contributed by atoms with van der Waals surface area (Å²) >= 11 is 0. The Balaban J connectivity index is 2.92. The fraction of sp³-hybridized carbons (Fsp3) is 0.714. The molecule has 2 atom stereocenters. The van der Waals surface area contributed by atoms with Crippen molar-refractivity contribution in [3.8, 4) is 0 Å². The van der Waals surface area contributed by atoms with Gasteiger partial charge < -0.3 is 9.84 Å². The summed E-state index contributed by atoms with van der Waals surface area (Å²) in [6, 6.07) is -0.484. The van der Waals surface area contributed by atoms with E-state index < -0.39 is 24.3 Å². The first-order valence-corrected chi connectivity index (χ1v) is 3.76. The highest BCUT2D eigenvalue weighted by Gasteiger charge is 2.42. The first-order chi connectivity index (χ1) is 6.00. The zero-order chi connectivity index (χ0) is 10.2. The Morgan fingerprint density at radius 1 is 1.38 bits per heavy atom. The third-order valence-corrected chi connectivity index (χ3v) is 2.07. The molecule has 0 aliphatic carbocycles. The van der Waals surface area contributed by atoms with Crippen LogP contribution in [-0.2, 0) is 9.53 Å². The standard InChI is InChI=1S/C7H12N2O4/c1-8-5(11)4(10)6(13-3)9(2)7(8)12/h4,6,10H,1-3H3. The van der Waals surface area contributed by atoms with Gasteiger partial charge in [0.25, 0.3) is 5.91 Å². The molecular weight excluding hydrogens is 176 g/mol. The number of methoxy groups -OCH3 is 1. The summed E-state index contributed by atoms with van der Waals surface area (Å²) in [6.07, 6.45) is -2.20. The molecule has 6 heteroatoms. The lowest BCUT2D eigenvalue weighted by molar-refractivity contribution is -0.160. The van der Waals surface area contributed by atoms with Crippen molar-refractivity contribution in [2.75, 3.05) is 21.2 Å². The third-order valence-electron chi connectivity index (χ3n) is 2.07. The van der Waals surface area contributed by atoms with Crippen molar-refractivity contribution >= 4 is 11.9 Å². The van der Waals surface area contributed by atoms with E-state index in [1.807, 2.05) is 0 Å². The number of hydrogen-bond donors (Lipinski definition) is 1. The quantitative estimate of drug-likeness (QED) is 0.563. The van der Waals surface area contributed by atoms with Gasteiger partial charge in [-0.05, 0) is 0 Å². The highest BCUT2D eigenvalue weighted by atomic mass is 16.5. The summed E-state index contributed by atoms with van der Waals surface area (Å²) in [5, 5.41) is 9.39. The minimum absolute atomic E-state index is 0.484. The second kappa shape index (κ2) is 3.31. The zero-order valence-electron chi connectivity index (χ0n) is 7.72. The Bertz CT molecular complexity index is 221. The van der Waals surface area contributed by atoms with E-state index in [-0.39, 0.29) is 0 Å². The zero-order valence-corrected chi connectivity index (χ0v) is 7.72. The molecule has 1 saturated heterocycles. The van der Waals surface area contributed by atoms with Crippen molar-refractivity contribution in [2.45, 2.75) is 12.3 Å². The molecule has 0 aromatic heterocycles. The van der Waals surface area contributed by atoms with E-state index in [0.717, 1.165) is 4.90 Å². The smallest absolute Gasteiger partial charge is 0.328 e. The highest BCUT2D eigenvalue weighted by molar-refractivity contribution is 5.99. The second-order valence-corrected chi connectivity index (χ2v) is 2.86. The van der Waals surface area contributed by atoms with Crippen LogP contribution >= 0.6 is 0 Å². The van der Waals surface area contributed by atoms with Gasteiger partial charge in [0.15, 0.2) is 12.3 Å². The van der Waals surface area contributed by atoms with E-state index in [0.29, 0.717) is 0 Å². The number of rotatable bonds is 1. The fourth-order valence-corrected chi connectivity index (χ4v) is 1.26. The number of urea groups is 1. The molecule has 0 bridgehead atoms. The fourth-order valence-electron chi connectivity index (χ4n) is 1.26. The SMILES string of the molecule is COC1C(O)C(=O)N(C)C(=O)N1C. The van der Waals surface area contributed by atoms with E-state index in [1.165, 1.54) is 26.1 Å². The Morgan fingerprint density at radius 2 is 1.92 bits per heavy atom. The first-order valence-electron chi connectivity index (χ1n) is 3.76. The average Bonchev–Trinajstić information content (AvgIpc) is 2.13. The molecule has 0 spiro atoms. The number of hydrogen-bond acceptors (Lipinski definition) is 4. The summed E-state index contributed by atoms with van der Waals surface area (Å²) in [6.45, 7) is 0. The Labute approximate surface area is 75.7 Å². The maximum absolute atomic E-state index is 11.3. The number of likely N-dealkylation sites (N-methyl/N-ethyl adjacent to an activating group) is 2. The molecule has 74 valence electrons. The van der Waals surface area contributed by atoms with Gasteiger partial charge in [-0.2, -0.15) is 0 Å². The molecule has 0 aromatic rings. The van der Waals surface area contributed by atoms with Crippen LogP contribution in [0.1, 0.15) is 0 Å². The summed E-state index contributed by atoms with van der Waals surface area (Å²) in [5.74, 6) is -0.644. The minimum Gasteiger partial charge on any atom is -0.379 e. The van der Waals surface area contributed by atoms with Crippen molar-refractivity contribution in [3.05, 3.63) is 0 Å². The largest absolute Gasteiger partial charge is 0.379 e. The van der Waals surface area contributed by atoms with Crippen LogP contribution < -0.4 is 0 Å². The van der Waals surface area contributed by atoms with Gasteiger partial charge in [-0.1, -0.05) is 0 Å². The Kier molecular flexibility index (Phi) is 2.53. The Morgan fingerprint density at radius 3 is 2.38 bits per heavy atom. The van der Waals surface area contributed by atoms with Crippen molar-refractivity contribution in [1.29, 1.82) is 0 Å². The van der Waals surface area contributed by atoms with Gasteiger partial charge >= 0.3 is 6.03 Å². The molecule has 1 heterocycles. The maximum Gasteiger partial charge on any atom is 0.328 e. The van der Waals surface area contributed by atoms with E-state index >= 15 is 0 Å². The van der Waals surface area contributed by atoms with E-state index in [9.17, 15) is 14.7 Å². The van der Waals surface area contributed by atoms with Crippen LogP contribution in [0, 0.1) is 0 Å². The lowest BCUT2D eigenvalue weighted by atomic mass is 10.2. The monoisotopic (exact) mass is 188 g/mol.